The first kappa shape index (κ1) is 33.6. The molecule has 0 heterocycles. The van der Waals surface area contributed by atoms with Crippen molar-refractivity contribution in [2.45, 2.75) is 18.4 Å². The predicted octanol–water partition coefficient (Wildman–Crippen LogP) is 3.65. The third-order valence-corrected chi connectivity index (χ3v) is 7.30. The van der Waals surface area contributed by atoms with Gasteiger partial charge in [-0.1, -0.05) is 60.7 Å². The molecule has 0 spiro atoms. The summed E-state index contributed by atoms with van der Waals surface area (Å²) in [5.74, 6) is -1.60. The van der Waals surface area contributed by atoms with Crippen molar-refractivity contribution in [2.75, 3.05) is 66.5 Å². The topological polar surface area (TPSA) is 142 Å². The van der Waals surface area contributed by atoms with Crippen LogP contribution in [-0.2, 0) is 34.9 Å². The SMILES string of the molecule is COCCOCCOCCOCCNC(=O)c1ccc(C[C@H](NC(=O)OCC2c3ccccc3-c3ccccc32)C(=O)O)cc1. The molecule has 0 bridgehead atoms. The molecule has 1 aliphatic rings. The van der Waals surface area contributed by atoms with Crippen molar-refractivity contribution in [1.82, 2.24) is 10.6 Å². The molecule has 0 saturated heterocycles. The number of ether oxygens (including phenoxy) is 5. The predicted molar refractivity (Wildman–Crippen MR) is 166 cm³/mol. The molecule has 4 rings (SSSR count). The summed E-state index contributed by atoms with van der Waals surface area (Å²) in [7, 11) is 1.62. The molecule has 3 N–H and O–H groups in total. The Morgan fingerprint density at radius 2 is 1.31 bits per heavy atom. The van der Waals surface area contributed by atoms with Gasteiger partial charge in [-0.3, -0.25) is 4.79 Å². The van der Waals surface area contributed by atoms with Crippen LogP contribution in [0.4, 0.5) is 4.79 Å². The van der Waals surface area contributed by atoms with E-state index in [9.17, 15) is 19.5 Å². The van der Waals surface area contributed by atoms with Crippen molar-refractivity contribution in [1.29, 1.82) is 0 Å². The van der Waals surface area contributed by atoms with Crippen molar-refractivity contribution >= 4 is 18.0 Å². The molecule has 0 unspecified atom stereocenters. The zero-order valence-corrected chi connectivity index (χ0v) is 25.4. The first-order valence-corrected chi connectivity index (χ1v) is 14.9. The van der Waals surface area contributed by atoms with E-state index < -0.39 is 18.1 Å². The normalized spacial score (nSPS) is 12.6. The van der Waals surface area contributed by atoms with Gasteiger partial charge in [0.05, 0.1) is 46.2 Å². The van der Waals surface area contributed by atoms with Crippen molar-refractivity contribution in [2.24, 2.45) is 0 Å². The summed E-state index contributed by atoms with van der Waals surface area (Å²) in [5, 5.41) is 15.0. The van der Waals surface area contributed by atoms with Gasteiger partial charge in [-0.25, -0.2) is 9.59 Å². The molecule has 45 heavy (non-hydrogen) atoms. The molecule has 0 aromatic heterocycles. The second kappa shape index (κ2) is 17.9. The fourth-order valence-corrected chi connectivity index (χ4v) is 5.03. The number of carboxylic acids is 1. The van der Waals surface area contributed by atoms with Crippen molar-refractivity contribution in [3.63, 3.8) is 0 Å². The molecule has 1 atom stereocenters. The molecule has 0 saturated carbocycles. The lowest BCUT2D eigenvalue weighted by Crippen LogP contribution is -2.42. The second-order valence-corrected chi connectivity index (χ2v) is 10.3. The van der Waals surface area contributed by atoms with Crippen LogP contribution in [0, 0.1) is 0 Å². The van der Waals surface area contributed by atoms with Gasteiger partial charge in [-0.15, -0.1) is 0 Å². The highest BCUT2D eigenvalue weighted by Gasteiger charge is 2.29. The van der Waals surface area contributed by atoms with Gasteiger partial charge in [-0.2, -0.15) is 0 Å². The highest BCUT2D eigenvalue weighted by atomic mass is 16.6. The summed E-state index contributed by atoms with van der Waals surface area (Å²) in [6.45, 7) is 3.61. The summed E-state index contributed by atoms with van der Waals surface area (Å²) >= 11 is 0. The van der Waals surface area contributed by atoms with E-state index in [1.54, 1.807) is 31.4 Å². The number of methoxy groups -OCH3 is 1. The smallest absolute Gasteiger partial charge is 0.407 e. The Bertz CT molecular complexity index is 1350. The minimum absolute atomic E-state index is 0.0244. The van der Waals surface area contributed by atoms with Crippen LogP contribution in [0.1, 0.15) is 33.0 Å². The van der Waals surface area contributed by atoms with Gasteiger partial charge in [0, 0.05) is 31.6 Å². The van der Waals surface area contributed by atoms with Gasteiger partial charge >= 0.3 is 12.1 Å². The van der Waals surface area contributed by atoms with Crippen LogP contribution in [0.3, 0.4) is 0 Å². The Hall–Kier alpha value is -4.29. The Kier molecular flexibility index (Phi) is 13.3. The van der Waals surface area contributed by atoms with Crippen LogP contribution < -0.4 is 10.6 Å². The number of aliphatic carboxylic acids is 1. The molecule has 1 aliphatic carbocycles. The monoisotopic (exact) mass is 620 g/mol. The van der Waals surface area contributed by atoms with Gasteiger partial charge in [0.25, 0.3) is 5.91 Å². The van der Waals surface area contributed by atoms with Crippen LogP contribution in [0.5, 0.6) is 0 Å². The largest absolute Gasteiger partial charge is 0.480 e. The lowest BCUT2D eigenvalue weighted by Gasteiger charge is -2.17. The van der Waals surface area contributed by atoms with E-state index in [4.69, 9.17) is 23.7 Å². The molecule has 0 fully saturated rings. The second-order valence-electron chi connectivity index (χ2n) is 10.3. The molecule has 0 aliphatic heterocycles. The van der Waals surface area contributed by atoms with Crippen molar-refractivity contribution in [3.8, 4) is 11.1 Å². The maximum absolute atomic E-state index is 12.7. The van der Waals surface area contributed by atoms with Crippen molar-refractivity contribution in [3.05, 3.63) is 95.1 Å². The maximum atomic E-state index is 12.7. The Balaban J connectivity index is 1.16. The number of carboxylic acid groups (broad SMARTS) is 1. The van der Waals surface area contributed by atoms with Crippen LogP contribution in [0.2, 0.25) is 0 Å². The zero-order chi connectivity index (χ0) is 31.9. The molecule has 240 valence electrons. The quantitative estimate of drug-likeness (QED) is 0.171. The first-order valence-electron chi connectivity index (χ1n) is 14.9. The van der Waals surface area contributed by atoms with E-state index in [1.807, 2.05) is 48.5 Å². The fourth-order valence-electron chi connectivity index (χ4n) is 5.03. The molecule has 3 aromatic rings. The Labute approximate surface area is 262 Å². The van der Waals surface area contributed by atoms with Gasteiger partial charge in [0.15, 0.2) is 0 Å². The van der Waals surface area contributed by atoms with Crippen LogP contribution in [-0.4, -0.2) is 95.6 Å². The summed E-state index contributed by atoms with van der Waals surface area (Å²) in [4.78, 5) is 37.1. The molecule has 2 amide bonds. The number of amides is 2. The summed E-state index contributed by atoms with van der Waals surface area (Å²) in [5.41, 5.74) is 5.41. The summed E-state index contributed by atoms with van der Waals surface area (Å²) in [6, 6.07) is 21.3. The average molecular weight is 621 g/mol. The standard InChI is InChI=1S/C34H40N2O9/c1-41-16-17-43-20-21-44-19-18-42-15-14-35-32(37)25-12-10-24(11-13-25)22-31(33(38)39)36-34(40)45-23-30-28-8-4-2-6-26(28)27-7-3-5-9-29(27)30/h2-13,30-31H,14-23H2,1H3,(H,35,37)(H,36,40)(H,38,39)/t31-/m0/s1. The maximum Gasteiger partial charge on any atom is 0.407 e. The molecule has 11 nitrogen and oxygen atoms in total. The number of alkyl carbamates (subject to hydrolysis) is 1. The van der Waals surface area contributed by atoms with Gasteiger partial charge in [0.1, 0.15) is 12.6 Å². The number of rotatable bonds is 19. The number of benzene rings is 3. The molecule has 0 radical (unpaired) electrons. The summed E-state index contributed by atoms with van der Waals surface area (Å²) in [6.07, 6.45) is -0.780. The van der Waals surface area contributed by atoms with Crippen LogP contribution in [0.25, 0.3) is 11.1 Å². The summed E-state index contributed by atoms with van der Waals surface area (Å²) < 4.78 is 26.6. The highest BCUT2D eigenvalue weighted by Crippen LogP contribution is 2.44. The average Bonchev–Trinajstić information content (AvgIpc) is 3.37. The number of carbonyl (C=O) groups excluding carboxylic acids is 2. The van der Waals surface area contributed by atoms with E-state index in [1.165, 1.54) is 0 Å². The van der Waals surface area contributed by atoms with Gasteiger partial charge in [0.2, 0.25) is 0 Å². The Morgan fingerprint density at radius 1 is 0.756 bits per heavy atom. The Morgan fingerprint density at radius 3 is 1.89 bits per heavy atom. The fraction of sp³-hybridized carbons (Fsp3) is 0.382. The third-order valence-electron chi connectivity index (χ3n) is 7.30. The minimum atomic E-state index is -1.20. The van der Waals surface area contributed by atoms with E-state index >= 15 is 0 Å². The van der Waals surface area contributed by atoms with Gasteiger partial charge in [-0.05, 0) is 39.9 Å². The lowest BCUT2D eigenvalue weighted by molar-refractivity contribution is -0.139. The highest BCUT2D eigenvalue weighted by molar-refractivity contribution is 5.94. The number of hydrogen-bond acceptors (Lipinski definition) is 8. The lowest BCUT2D eigenvalue weighted by atomic mass is 9.98. The van der Waals surface area contributed by atoms with E-state index in [0.717, 1.165) is 22.3 Å². The van der Waals surface area contributed by atoms with E-state index in [2.05, 4.69) is 10.6 Å². The third kappa shape index (κ3) is 10.1. The van der Waals surface area contributed by atoms with Crippen molar-refractivity contribution < 1.29 is 43.2 Å². The number of nitrogens with one attached hydrogen (secondary N) is 2. The van der Waals surface area contributed by atoms with E-state index in [-0.39, 0.29) is 24.9 Å². The van der Waals surface area contributed by atoms with Crippen LogP contribution >= 0.6 is 0 Å². The zero-order valence-electron chi connectivity index (χ0n) is 25.4. The molecular formula is C34H40N2O9. The van der Waals surface area contributed by atoms with Crippen LogP contribution in [0.15, 0.2) is 72.8 Å². The molecular weight excluding hydrogens is 580 g/mol. The van der Waals surface area contributed by atoms with E-state index in [0.29, 0.717) is 63.9 Å². The van der Waals surface area contributed by atoms with Gasteiger partial charge < -0.3 is 39.4 Å². The molecule has 11 heteroatoms. The minimum Gasteiger partial charge on any atom is -0.480 e. The molecule has 3 aromatic carbocycles. The number of fused-ring (bicyclic) bond motifs is 3. The number of carbonyl (C=O) groups is 3. The first-order chi connectivity index (χ1) is 22.0. The number of hydrogen-bond donors (Lipinski definition) is 3.